The summed E-state index contributed by atoms with van der Waals surface area (Å²) in [5.74, 6) is 2.39. The smallest absolute Gasteiger partial charge is 0.251 e. The van der Waals surface area contributed by atoms with Gasteiger partial charge >= 0.3 is 0 Å². The number of rotatable bonds is 4. The van der Waals surface area contributed by atoms with Gasteiger partial charge in [-0.1, -0.05) is 18.2 Å². The van der Waals surface area contributed by atoms with Crippen LogP contribution in [0.2, 0.25) is 0 Å². The molecule has 0 radical (unpaired) electrons. The van der Waals surface area contributed by atoms with Gasteiger partial charge < -0.3 is 15.5 Å². The number of nitrogens with zero attached hydrogens (tertiary/aromatic N) is 1. The van der Waals surface area contributed by atoms with Crippen molar-refractivity contribution >= 4 is 23.6 Å². The number of thioether (sulfide) groups is 1. The van der Waals surface area contributed by atoms with E-state index in [1.807, 2.05) is 47.9 Å². The highest BCUT2D eigenvalue weighted by molar-refractivity contribution is 7.99. The van der Waals surface area contributed by atoms with Crippen molar-refractivity contribution in [2.24, 2.45) is 0 Å². The van der Waals surface area contributed by atoms with Crippen LogP contribution in [0.25, 0.3) is 0 Å². The average Bonchev–Trinajstić information content (AvgIpc) is 2.63. The molecule has 5 nitrogen and oxygen atoms in total. The molecule has 2 amide bonds. The highest BCUT2D eigenvalue weighted by atomic mass is 32.2. The summed E-state index contributed by atoms with van der Waals surface area (Å²) in [7, 11) is 0. The van der Waals surface area contributed by atoms with Gasteiger partial charge in [-0.15, -0.1) is 0 Å². The maximum atomic E-state index is 12.5. The van der Waals surface area contributed by atoms with Crippen molar-refractivity contribution in [3.05, 3.63) is 35.4 Å². The Morgan fingerprint density at radius 2 is 2.04 bits per heavy atom. The first-order valence-corrected chi connectivity index (χ1v) is 10.2. The fourth-order valence-corrected chi connectivity index (χ4v) is 4.40. The van der Waals surface area contributed by atoms with Gasteiger partial charge in [0.2, 0.25) is 5.91 Å². The minimum absolute atomic E-state index is 0.00805. The molecule has 0 bridgehead atoms. The van der Waals surface area contributed by atoms with Crippen LogP contribution in [-0.2, 0) is 4.79 Å². The van der Waals surface area contributed by atoms with Crippen molar-refractivity contribution < 1.29 is 9.59 Å². The number of likely N-dealkylation sites (tertiary alicyclic amines) is 1. The average molecular weight is 362 g/mol. The fourth-order valence-electron chi connectivity index (χ4n) is 3.45. The molecule has 25 heavy (non-hydrogen) atoms. The van der Waals surface area contributed by atoms with E-state index >= 15 is 0 Å². The molecule has 2 aliphatic rings. The first kappa shape index (κ1) is 18.3. The lowest BCUT2D eigenvalue weighted by atomic mass is 10.0. The number of carbonyl (C=O) groups excluding carboxylic acids is 2. The Kier molecular flexibility index (Phi) is 6.37. The van der Waals surface area contributed by atoms with Crippen molar-refractivity contribution in [1.29, 1.82) is 0 Å². The molecule has 2 N–H and O–H groups in total. The van der Waals surface area contributed by atoms with E-state index in [0.29, 0.717) is 12.5 Å². The highest BCUT2D eigenvalue weighted by Gasteiger charge is 2.26. The second-order valence-electron chi connectivity index (χ2n) is 6.87. The Bertz CT molecular complexity index is 608. The van der Waals surface area contributed by atoms with Crippen LogP contribution in [0.3, 0.4) is 0 Å². The number of benzene rings is 1. The summed E-state index contributed by atoms with van der Waals surface area (Å²) in [4.78, 5) is 26.8. The molecule has 2 saturated heterocycles. The summed E-state index contributed by atoms with van der Waals surface area (Å²) in [6.45, 7) is 4.41. The minimum Gasteiger partial charge on any atom is -0.349 e. The van der Waals surface area contributed by atoms with E-state index in [2.05, 4.69) is 10.6 Å². The van der Waals surface area contributed by atoms with Gasteiger partial charge in [0.05, 0.1) is 0 Å². The van der Waals surface area contributed by atoms with Crippen molar-refractivity contribution in [3.63, 3.8) is 0 Å². The molecular formula is C19H27N3O2S. The van der Waals surface area contributed by atoms with Gasteiger partial charge in [0.15, 0.2) is 0 Å². The van der Waals surface area contributed by atoms with Crippen LogP contribution >= 0.6 is 11.8 Å². The monoisotopic (exact) mass is 361 g/mol. The van der Waals surface area contributed by atoms with Gasteiger partial charge in [-0.2, -0.15) is 11.8 Å². The standard InChI is InChI=1S/C19H27N3O2S/c1-14-4-2-3-5-17(14)19(24)21-15-6-9-22(10-7-15)18(23)12-16-13-25-11-8-20-16/h2-5,15-16,20H,6-13H2,1H3,(H,21,24). The van der Waals surface area contributed by atoms with Crippen LogP contribution in [0.1, 0.15) is 35.2 Å². The molecule has 136 valence electrons. The summed E-state index contributed by atoms with van der Waals surface area (Å²) in [6.07, 6.45) is 2.25. The first-order valence-electron chi connectivity index (χ1n) is 9.09. The molecule has 2 aliphatic heterocycles. The SMILES string of the molecule is Cc1ccccc1C(=O)NC1CCN(C(=O)CC2CSCCN2)CC1. The van der Waals surface area contributed by atoms with Crippen LogP contribution in [0, 0.1) is 6.92 Å². The molecule has 6 heteroatoms. The van der Waals surface area contributed by atoms with Crippen molar-refractivity contribution in [2.45, 2.75) is 38.3 Å². The zero-order valence-electron chi connectivity index (χ0n) is 14.8. The van der Waals surface area contributed by atoms with Crippen molar-refractivity contribution in [1.82, 2.24) is 15.5 Å². The van der Waals surface area contributed by atoms with Crippen LogP contribution in [0.15, 0.2) is 24.3 Å². The summed E-state index contributed by atoms with van der Waals surface area (Å²) in [5, 5.41) is 6.55. The molecule has 0 aromatic heterocycles. The number of hydrogen-bond acceptors (Lipinski definition) is 4. The molecule has 1 atom stereocenters. The number of amides is 2. The van der Waals surface area contributed by atoms with Gasteiger partial charge in [-0.05, 0) is 31.4 Å². The van der Waals surface area contributed by atoms with E-state index in [4.69, 9.17) is 0 Å². The summed E-state index contributed by atoms with van der Waals surface area (Å²) in [5.41, 5.74) is 1.73. The van der Waals surface area contributed by atoms with E-state index < -0.39 is 0 Å². The Balaban J connectivity index is 1.44. The number of piperidine rings is 1. The predicted octanol–water partition coefficient (Wildman–Crippen LogP) is 1.81. The molecule has 1 unspecified atom stereocenters. The molecular weight excluding hydrogens is 334 g/mol. The quantitative estimate of drug-likeness (QED) is 0.859. The summed E-state index contributed by atoms with van der Waals surface area (Å²) < 4.78 is 0. The number of aryl methyl sites for hydroxylation is 1. The first-order chi connectivity index (χ1) is 12.1. The van der Waals surface area contributed by atoms with Gasteiger partial charge in [0.1, 0.15) is 0 Å². The van der Waals surface area contributed by atoms with Crippen molar-refractivity contribution in [2.75, 3.05) is 31.1 Å². The maximum Gasteiger partial charge on any atom is 0.251 e. The molecule has 2 fully saturated rings. The van der Waals surface area contributed by atoms with Gasteiger partial charge in [-0.25, -0.2) is 0 Å². The van der Waals surface area contributed by atoms with Gasteiger partial charge in [0, 0.05) is 55.2 Å². The number of nitrogens with one attached hydrogen (secondary N) is 2. The Hall–Kier alpha value is -1.53. The van der Waals surface area contributed by atoms with Crippen molar-refractivity contribution in [3.8, 4) is 0 Å². The number of carbonyl (C=O) groups is 2. The summed E-state index contributed by atoms with van der Waals surface area (Å²) in [6, 6.07) is 8.10. The van der Waals surface area contributed by atoms with Crippen LogP contribution < -0.4 is 10.6 Å². The van der Waals surface area contributed by atoms with Gasteiger partial charge in [-0.3, -0.25) is 9.59 Å². The topological polar surface area (TPSA) is 61.4 Å². The largest absolute Gasteiger partial charge is 0.349 e. The number of hydrogen-bond donors (Lipinski definition) is 2. The second kappa shape index (κ2) is 8.72. The zero-order chi connectivity index (χ0) is 17.6. The lowest BCUT2D eigenvalue weighted by Gasteiger charge is -2.34. The fraction of sp³-hybridized carbons (Fsp3) is 0.579. The lowest BCUT2D eigenvalue weighted by molar-refractivity contribution is -0.132. The Morgan fingerprint density at radius 3 is 2.72 bits per heavy atom. The molecule has 1 aromatic carbocycles. The van der Waals surface area contributed by atoms with Crippen LogP contribution in [-0.4, -0.2) is 59.9 Å². The third-order valence-corrected chi connectivity index (χ3v) is 6.12. The lowest BCUT2D eigenvalue weighted by Crippen LogP contribution is -2.48. The molecule has 0 saturated carbocycles. The second-order valence-corrected chi connectivity index (χ2v) is 8.02. The van der Waals surface area contributed by atoms with Crippen LogP contribution in [0.5, 0.6) is 0 Å². The molecule has 2 heterocycles. The molecule has 3 rings (SSSR count). The highest BCUT2D eigenvalue weighted by Crippen LogP contribution is 2.16. The third kappa shape index (κ3) is 4.98. The van der Waals surface area contributed by atoms with E-state index in [0.717, 1.165) is 55.1 Å². The minimum atomic E-state index is -0.00805. The van der Waals surface area contributed by atoms with E-state index in [9.17, 15) is 9.59 Å². The Morgan fingerprint density at radius 1 is 1.28 bits per heavy atom. The normalized spacial score (nSPS) is 21.8. The Labute approximate surface area is 153 Å². The van der Waals surface area contributed by atoms with E-state index in [1.54, 1.807) is 0 Å². The molecule has 0 spiro atoms. The third-order valence-electron chi connectivity index (χ3n) is 4.99. The predicted molar refractivity (Wildman–Crippen MR) is 102 cm³/mol. The zero-order valence-corrected chi connectivity index (χ0v) is 15.6. The van der Waals surface area contributed by atoms with E-state index in [1.165, 1.54) is 0 Å². The van der Waals surface area contributed by atoms with E-state index in [-0.39, 0.29) is 17.9 Å². The maximum absolute atomic E-state index is 12.5. The summed E-state index contributed by atoms with van der Waals surface area (Å²) >= 11 is 1.92. The van der Waals surface area contributed by atoms with Gasteiger partial charge in [0.25, 0.3) is 5.91 Å². The van der Waals surface area contributed by atoms with Crippen LogP contribution in [0.4, 0.5) is 0 Å². The molecule has 1 aromatic rings. The molecule has 0 aliphatic carbocycles.